The SMILES string of the molecule is CC(C)N(CC1CCCNC1)C1CCN2CCC1C2. The standard InChI is InChI=1S/C16H31N3/c1-13(2)19(11-14-4-3-7-17-10-14)16-6-9-18-8-5-15(16)12-18/h13-17H,3-12H2,1-2H3. The molecule has 110 valence electrons. The van der Waals surface area contributed by atoms with Crippen LogP contribution in [0.2, 0.25) is 0 Å². The van der Waals surface area contributed by atoms with Gasteiger partial charge in [-0.05, 0) is 77.5 Å². The minimum atomic E-state index is 0.707. The molecule has 3 saturated heterocycles. The fraction of sp³-hybridized carbons (Fsp3) is 1.00. The van der Waals surface area contributed by atoms with Crippen LogP contribution in [0.25, 0.3) is 0 Å². The molecule has 0 amide bonds. The highest BCUT2D eigenvalue weighted by Gasteiger charge is 2.38. The molecule has 3 fully saturated rings. The summed E-state index contributed by atoms with van der Waals surface area (Å²) in [5.74, 6) is 1.84. The van der Waals surface area contributed by atoms with Gasteiger partial charge in [0.05, 0.1) is 0 Å². The number of piperidine rings is 2. The first-order valence-electron chi connectivity index (χ1n) is 8.43. The number of rotatable bonds is 4. The van der Waals surface area contributed by atoms with Gasteiger partial charge in [-0.15, -0.1) is 0 Å². The summed E-state index contributed by atoms with van der Waals surface area (Å²) in [6.45, 7) is 12.7. The number of nitrogens with zero attached hydrogens (tertiary/aromatic N) is 2. The van der Waals surface area contributed by atoms with Gasteiger partial charge < -0.3 is 10.2 Å². The second-order valence-electron chi connectivity index (χ2n) is 7.21. The zero-order valence-electron chi connectivity index (χ0n) is 12.8. The lowest BCUT2D eigenvalue weighted by Crippen LogP contribution is -2.52. The Hall–Kier alpha value is -0.120. The van der Waals surface area contributed by atoms with Gasteiger partial charge in [-0.2, -0.15) is 0 Å². The summed E-state index contributed by atoms with van der Waals surface area (Å²) in [7, 11) is 0. The Kier molecular flexibility index (Phi) is 4.45. The second-order valence-corrected chi connectivity index (χ2v) is 7.21. The summed E-state index contributed by atoms with van der Waals surface area (Å²) in [6, 6.07) is 1.57. The fourth-order valence-electron chi connectivity index (χ4n) is 4.47. The van der Waals surface area contributed by atoms with E-state index in [0.717, 1.165) is 17.9 Å². The van der Waals surface area contributed by atoms with E-state index in [1.54, 1.807) is 0 Å². The van der Waals surface area contributed by atoms with E-state index in [-0.39, 0.29) is 0 Å². The molecular weight excluding hydrogens is 234 g/mol. The molecule has 0 aromatic rings. The van der Waals surface area contributed by atoms with Crippen LogP contribution in [0.15, 0.2) is 0 Å². The molecule has 0 radical (unpaired) electrons. The minimum absolute atomic E-state index is 0.707. The van der Waals surface area contributed by atoms with E-state index in [1.165, 1.54) is 65.0 Å². The number of nitrogens with one attached hydrogen (secondary N) is 1. The molecule has 4 unspecified atom stereocenters. The summed E-state index contributed by atoms with van der Waals surface area (Å²) in [5, 5.41) is 3.58. The smallest absolute Gasteiger partial charge is 0.0151 e. The third-order valence-corrected chi connectivity index (χ3v) is 5.55. The van der Waals surface area contributed by atoms with Crippen molar-refractivity contribution in [3.8, 4) is 0 Å². The van der Waals surface area contributed by atoms with Crippen molar-refractivity contribution in [3.63, 3.8) is 0 Å². The summed E-state index contributed by atoms with van der Waals surface area (Å²) in [6.07, 6.45) is 5.65. The van der Waals surface area contributed by atoms with Crippen LogP contribution in [0.4, 0.5) is 0 Å². The molecule has 2 bridgehead atoms. The van der Waals surface area contributed by atoms with Crippen LogP contribution in [0.3, 0.4) is 0 Å². The molecule has 19 heavy (non-hydrogen) atoms. The maximum Gasteiger partial charge on any atom is 0.0151 e. The Morgan fingerprint density at radius 3 is 2.79 bits per heavy atom. The highest BCUT2D eigenvalue weighted by atomic mass is 15.2. The van der Waals surface area contributed by atoms with Gasteiger partial charge in [-0.3, -0.25) is 4.90 Å². The summed E-state index contributed by atoms with van der Waals surface area (Å²) in [5.41, 5.74) is 0. The molecule has 0 saturated carbocycles. The van der Waals surface area contributed by atoms with Crippen LogP contribution in [0.1, 0.15) is 39.5 Å². The molecule has 3 rings (SSSR count). The maximum absolute atomic E-state index is 3.58. The van der Waals surface area contributed by atoms with Crippen LogP contribution < -0.4 is 5.32 Å². The fourth-order valence-corrected chi connectivity index (χ4v) is 4.47. The van der Waals surface area contributed by atoms with E-state index in [9.17, 15) is 0 Å². The molecule has 1 N–H and O–H groups in total. The Bertz CT molecular complexity index is 286. The van der Waals surface area contributed by atoms with E-state index >= 15 is 0 Å². The highest BCUT2D eigenvalue weighted by molar-refractivity contribution is 4.93. The molecule has 3 heteroatoms. The lowest BCUT2D eigenvalue weighted by Gasteiger charge is -2.43. The van der Waals surface area contributed by atoms with Gasteiger partial charge in [0, 0.05) is 25.2 Å². The average molecular weight is 265 g/mol. The lowest BCUT2D eigenvalue weighted by molar-refractivity contribution is 0.0555. The van der Waals surface area contributed by atoms with Crippen molar-refractivity contribution in [1.82, 2.24) is 15.1 Å². The van der Waals surface area contributed by atoms with Crippen LogP contribution in [0.5, 0.6) is 0 Å². The van der Waals surface area contributed by atoms with Crippen LogP contribution in [-0.4, -0.2) is 61.2 Å². The second kappa shape index (κ2) is 6.11. The lowest BCUT2D eigenvalue weighted by atomic mass is 9.89. The van der Waals surface area contributed by atoms with Gasteiger partial charge >= 0.3 is 0 Å². The van der Waals surface area contributed by atoms with Gasteiger partial charge in [-0.1, -0.05) is 0 Å². The molecule has 3 heterocycles. The van der Waals surface area contributed by atoms with E-state index in [2.05, 4.69) is 29.0 Å². The van der Waals surface area contributed by atoms with Crippen LogP contribution in [-0.2, 0) is 0 Å². The normalized spacial score (nSPS) is 39.2. The third kappa shape index (κ3) is 3.14. The van der Waals surface area contributed by atoms with Gasteiger partial charge in [0.2, 0.25) is 0 Å². The monoisotopic (exact) mass is 265 g/mol. The van der Waals surface area contributed by atoms with Crippen molar-refractivity contribution in [2.24, 2.45) is 11.8 Å². The molecule has 0 aromatic heterocycles. The zero-order chi connectivity index (χ0) is 13.2. The number of fused-ring (bicyclic) bond motifs is 2. The van der Waals surface area contributed by atoms with Crippen molar-refractivity contribution in [2.75, 3.05) is 39.3 Å². The molecular formula is C16H31N3. The molecule has 3 nitrogen and oxygen atoms in total. The predicted molar refractivity (Wildman–Crippen MR) is 80.4 cm³/mol. The molecule has 0 aromatic carbocycles. The maximum atomic E-state index is 3.58. The molecule has 4 atom stereocenters. The number of hydrogen-bond donors (Lipinski definition) is 1. The Morgan fingerprint density at radius 2 is 2.05 bits per heavy atom. The Balaban J connectivity index is 1.62. The van der Waals surface area contributed by atoms with Gasteiger partial charge in [-0.25, -0.2) is 0 Å². The van der Waals surface area contributed by atoms with Gasteiger partial charge in [0.25, 0.3) is 0 Å². The largest absolute Gasteiger partial charge is 0.316 e. The molecule has 3 aliphatic rings. The summed E-state index contributed by atoms with van der Waals surface area (Å²) < 4.78 is 0. The highest BCUT2D eigenvalue weighted by Crippen LogP contribution is 2.32. The quantitative estimate of drug-likeness (QED) is 0.836. The zero-order valence-corrected chi connectivity index (χ0v) is 12.8. The van der Waals surface area contributed by atoms with E-state index < -0.39 is 0 Å². The van der Waals surface area contributed by atoms with Crippen molar-refractivity contribution < 1.29 is 0 Å². The van der Waals surface area contributed by atoms with E-state index in [4.69, 9.17) is 0 Å². The van der Waals surface area contributed by atoms with Crippen molar-refractivity contribution >= 4 is 0 Å². The van der Waals surface area contributed by atoms with E-state index in [0.29, 0.717) is 6.04 Å². The van der Waals surface area contributed by atoms with Crippen molar-refractivity contribution in [1.29, 1.82) is 0 Å². The first-order chi connectivity index (χ1) is 9.24. The molecule has 0 spiro atoms. The summed E-state index contributed by atoms with van der Waals surface area (Å²) in [4.78, 5) is 5.52. The minimum Gasteiger partial charge on any atom is -0.316 e. The topological polar surface area (TPSA) is 18.5 Å². The number of hydrogen-bond acceptors (Lipinski definition) is 3. The molecule has 3 aliphatic heterocycles. The Labute approximate surface area is 118 Å². The van der Waals surface area contributed by atoms with Crippen molar-refractivity contribution in [2.45, 2.75) is 51.6 Å². The first kappa shape index (κ1) is 13.8. The first-order valence-corrected chi connectivity index (χ1v) is 8.43. The Morgan fingerprint density at radius 1 is 1.21 bits per heavy atom. The van der Waals surface area contributed by atoms with Gasteiger partial charge in [0.1, 0.15) is 0 Å². The average Bonchev–Trinajstić information content (AvgIpc) is 2.80. The van der Waals surface area contributed by atoms with Gasteiger partial charge in [0.15, 0.2) is 0 Å². The van der Waals surface area contributed by atoms with Crippen LogP contribution in [0, 0.1) is 11.8 Å². The third-order valence-electron chi connectivity index (χ3n) is 5.55. The van der Waals surface area contributed by atoms with Crippen molar-refractivity contribution in [3.05, 3.63) is 0 Å². The van der Waals surface area contributed by atoms with E-state index in [1.807, 2.05) is 0 Å². The predicted octanol–water partition coefficient (Wildman–Crippen LogP) is 1.79. The summed E-state index contributed by atoms with van der Waals surface area (Å²) >= 11 is 0. The van der Waals surface area contributed by atoms with Crippen LogP contribution >= 0.6 is 0 Å². The molecule has 0 aliphatic carbocycles.